The summed E-state index contributed by atoms with van der Waals surface area (Å²) >= 11 is 0. The third kappa shape index (κ3) is 2.41. The van der Waals surface area contributed by atoms with Crippen LogP contribution in [-0.4, -0.2) is 37.5 Å². The van der Waals surface area contributed by atoms with Gasteiger partial charge in [-0.2, -0.15) is 0 Å². The van der Waals surface area contributed by atoms with E-state index < -0.39 is 6.03 Å². The molecule has 13 heavy (non-hydrogen) atoms. The zero-order valence-electron chi connectivity index (χ0n) is 7.13. The second-order valence-corrected chi connectivity index (χ2v) is 2.51. The summed E-state index contributed by atoms with van der Waals surface area (Å²) in [7, 11) is 1.66. The fraction of sp³-hybridized carbons (Fsp3) is 0.500. The van der Waals surface area contributed by atoms with Crippen molar-refractivity contribution in [1.29, 1.82) is 0 Å². The van der Waals surface area contributed by atoms with Crippen LogP contribution in [-0.2, 0) is 4.79 Å². The number of guanidine groups is 1. The van der Waals surface area contributed by atoms with Crippen molar-refractivity contribution < 1.29 is 9.59 Å². The molecule has 0 spiro atoms. The van der Waals surface area contributed by atoms with Gasteiger partial charge in [-0.3, -0.25) is 20.4 Å². The number of carbonyl (C=O) groups excluding carboxylic acids is 2. The summed E-state index contributed by atoms with van der Waals surface area (Å²) in [5.74, 6) is -0.134. The molecular weight excluding hydrogens is 174 g/mol. The van der Waals surface area contributed by atoms with Crippen molar-refractivity contribution in [2.75, 3.05) is 13.6 Å². The third-order valence-corrected chi connectivity index (χ3v) is 1.58. The van der Waals surface area contributed by atoms with Crippen molar-refractivity contribution >= 4 is 17.9 Å². The van der Waals surface area contributed by atoms with Crippen LogP contribution >= 0.6 is 0 Å². The Kier molecular flexibility index (Phi) is 2.80. The maximum absolute atomic E-state index is 11.2. The van der Waals surface area contributed by atoms with Crippen LogP contribution in [0.15, 0.2) is 4.99 Å². The molecule has 1 heterocycles. The van der Waals surface area contributed by atoms with Crippen LogP contribution in [0, 0.1) is 0 Å². The lowest BCUT2D eigenvalue weighted by atomic mass is 10.2. The molecule has 72 valence electrons. The highest BCUT2D eigenvalue weighted by atomic mass is 16.2. The third-order valence-electron chi connectivity index (χ3n) is 1.58. The molecule has 0 aromatic heterocycles. The van der Waals surface area contributed by atoms with E-state index in [0.29, 0.717) is 0 Å². The molecule has 1 unspecified atom stereocenters. The highest BCUT2D eigenvalue weighted by Crippen LogP contribution is 1.91. The number of carbonyl (C=O) groups is 2. The minimum absolute atomic E-state index is 0.101. The van der Waals surface area contributed by atoms with E-state index in [2.05, 4.69) is 20.9 Å². The van der Waals surface area contributed by atoms with Crippen LogP contribution in [0.2, 0.25) is 0 Å². The molecule has 0 aromatic rings. The summed E-state index contributed by atoms with van der Waals surface area (Å²) in [6.45, 7) is 0.290. The van der Waals surface area contributed by atoms with Gasteiger partial charge in [-0.05, 0) is 7.05 Å². The van der Waals surface area contributed by atoms with E-state index in [1.807, 2.05) is 0 Å². The Hall–Kier alpha value is -1.63. The number of hydrogen-bond acceptors (Lipinski definition) is 4. The molecule has 0 aromatic carbocycles. The van der Waals surface area contributed by atoms with Gasteiger partial charge in [0.15, 0.2) is 0 Å². The molecule has 0 radical (unpaired) electrons. The average molecular weight is 185 g/mol. The Labute approximate surface area is 74.8 Å². The Morgan fingerprint density at radius 2 is 2.46 bits per heavy atom. The molecule has 0 saturated carbocycles. The van der Waals surface area contributed by atoms with Gasteiger partial charge in [0.1, 0.15) is 6.04 Å². The second kappa shape index (κ2) is 3.85. The van der Waals surface area contributed by atoms with Crippen LogP contribution in [0.25, 0.3) is 0 Å². The van der Waals surface area contributed by atoms with E-state index in [9.17, 15) is 9.59 Å². The fourth-order valence-electron chi connectivity index (χ4n) is 0.919. The number of nitrogens with one attached hydrogen (secondary N) is 3. The number of nitrogens with zero attached hydrogens (tertiary/aromatic N) is 1. The van der Waals surface area contributed by atoms with Crippen LogP contribution in [0.3, 0.4) is 0 Å². The number of urea groups is 1. The van der Waals surface area contributed by atoms with E-state index in [-0.39, 0.29) is 24.5 Å². The second-order valence-electron chi connectivity index (χ2n) is 2.51. The highest BCUT2D eigenvalue weighted by Gasteiger charge is 2.22. The summed E-state index contributed by atoms with van der Waals surface area (Å²) in [6.07, 6.45) is 0. The van der Waals surface area contributed by atoms with Crippen molar-refractivity contribution in [1.82, 2.24) is 16.0 Å². The van der Waals surface area contributed by atoms with Gasteiger partial charge in [0, 0.05) is 0 Å². The Morgan fingerprint density at radius 1 is 1.77 bits per heavy atom. The molecule has 5 N–H and O–H groups in total. The molecule has 0 aliphatic carbocycles. The number of amides is 3. The van der Waals surface area contributed by atoms with Gasteiger partial charge in [-0.15, -0.1) is 0 Å². The quantitative estimate of drug-likeness (QED) is 0.370. The van der Waals surface area contributed by atoms with Gasteiger partial charge in [-0.25, -0.2) is 4.79 Å². The Balaban J connectivity index is 2.58. The lowest BCUT2D eigenvalue weighted by Gasteiger charge is -2.20. The highest BCUT2D eigenvalue weighted by molar-refractivity contribution is 6.06. The molecule has 1 aliphatic rings. The smallest absolute Gasteiger partial charge is 0.318 e. The summed E-state index contributed by atoms with van der Waals surface area (Å²) in [6, 6.07) is -1.10. The summed E-state index contributed by atoms with van der Waals surface area (Å²) in [4.78, 5) is 25.4. The maximum atomic E-state index is 11.2. The minimum atomic E-state index is -0.748. The molecule has 0 saturated heterocycles. The number of primary amides is 1. The van der Waals surface area contributed by atoms with Crippen molar-refractivity contribution in [2.45, 2.75) is 6.04 Å². The number of hydrogen-bond donors (Lipinski definition) is 4. The maximum Gasteiger partial charge on any atom is 0.318 e. The Morgan fingerprint density at radius 3 is 2.92 bits per heavy atom. The molecule has 0 bridgehead atoms. The molecular formula is C6H11N5O2. The van der Waals surface area contributed by atoms with Gasteiger partial charge in [0.05, 0.1) is 6.54 Å². The molecule has 7 heteroatoms. The van der Waals surface area contributed by atoms with Crippen molar-refractivity contribution in [3.63, 3.8) is 0 Å². The topological polar surface area (TPSA) is 109 Å². The fourth-order valence-corrected chi connectivity index (χ4v) is 0.919. The number of nitrogens with two attached hydrogens (primary N) is 1. The van der Waals surface area contributed by atoms with E-state index in [1.165, 1.54) is 0 Å². The summed E-state index contributed by atoms with van der Waals surface area (Å²) < 4.78 is 0. The number of likely N-dealkylation sites (N-methyl/N-ethyl adjacent to an activating group) is 1. The zero-order chi connectivity index (χ0) is 9.84. The monoisotopic (exact) mass is 185 g/mol. The molecule has 7 nitrogen and oxygen atoms in total. The first-order valence-corrected chi connectivity index (χ1v) is 3.72. The van der Waals surface area contributed by atoms with E-state index >= 15 is 0 Å². The van der Waals surface area contributed by atoms with Crippen LogP contribution in [0.4, 0.5) is 4.79 Å². The van der Waals surface area contributed by atoms with Gasteiger partial charge in [-0.1, -0.05) is 0 Å². The van der Waals surface area contributed by atoms with Gasteiger partial charge >= 0.3 is 6.03 Å². The number of aliphatic imine (C=N–C) groups is 1. The van der Waals surface area contributed by atoms with Gasteiger partial charge in [0.2, 0.25) is 11.9 Å². The Bertz CT molecular complexity index is 262. The van der Waals surface area contributed by atoms with Crippen molar-refractivity contribution in [2.24, 2.45) is 10.7 Å². The van der Waals surface area contributed by atoms with Gasteiger partial charge < -0.3 is 11.1 Å². The van der Waals surface area contributed by atoms with Crippen LogP contribution in [0.5, 0.6) is 0 Å². The largest absolute Gasteiger partial charge is 0.351 e. The SMILES string of the molecule is CNC1CN=C(NC(N)=O)NC1=O. The molecule has 3 amide bonds. The minimum Gasteiger partial charge on any atom is -0.351 e. The molecule has 1 atom stereocenters. The molecule has 1 rings (SSSR count). The predicted octanol–water partition coefficient (Wildman–Crippen LogP) is -2.27. The lowest BCUT2D eigenvalue weighted by Crippen LogP contribution is -2.56. The van der Waals surface area contributed by atoms with Crippen LogP contribution < -0.4 is 21.7 Å². The first kappa shape index (κ1) is 9.46. The average Bonchev–Trinajstić information content (AvgIpc) is 2.03. The van der Waals surface area contributed by atoms with Crippen LogP contribution in [0.1, 0.15) is 0 Å². The standard InChI is InChI=1S/C6H11N5O2/c1-8-3-2-9-6(10-4(3)12)11-5(7)13/h3,8H,2H2,1H3,(H4,7,9,10,11,12,13). The van der Waals surface area contributed by atoms with E-state index in [0.717, 1.165) is 0 Å². The predicted molar refractivity (Wildman–Crippen MR) is 46.0 cm³/mol. The first-order valence-electron chi connectivity index (χ1n) is 3.72. The summed E-state index contributed by atoms with van der Waals surface area (Å²) in [5.41, 5.74) is 4.84. The summed E-state index contributed by atoms with van der Waals surface area (Å²) in [5, 5.41) is 7.34. The normalized spacial score (nSPS) is 21.8. The van der Waals surface area contributed by atoms with E-state index in [4.69, 9.17) is 5.73 Å². The lowest BCUT2D eigenvalue weighted by molar-refractivity contribution is -0.121. The number of rotatable bonds is 1. The van der Waals surface area contributed by atoms with Gasteiger partial charge in [0.25, 0.3) is 0 Å². The van der Waals surface area contributed by atoms with Crippen molar-refractivity contribution in [3.8, 4) is 0 Å². The molecule has 0 fully saturated rings. The molecule has 1 aliphatic heterocycles. The zero-order valence-corrected chi connectivity index (χ0v) is 7.13. The van der Waals surface area contributed by atoms with E-state index in [1.54, 1.807) is 7.05 Å². The van der Waals surface area contributed by atoms with Crippen molar-refractivity contribution in [3.05, 3.63) is 0 Å². The first-order chi connectivity index (χ1) is 6.13.